The standard InChI is InChI=1S/C19H21ClN4O2/c1-11(2)16-9-17(26-23-16)19(25)24-8-7-15-14(10-24)18(22-21-15)12-3-5-13(20)6-4-12/h3-6,11,17H,7-10H2,1-2H3,(H,21,22). The molecule has 2 aromatic rings. The van der Waals surface area contributed by atoms with Gasteiger partial charge in [0.25, 0.3) is 5.91 Å². The zero-order chi connectivity index (χ0) is 18.3. The highest BCUT2D eigenvalue weighted by atomic mass is 35.5. The molecule has 0 bridgehead atoms. The average molecular weight is 373 g/mol. The first-order chi connectivity index (χ1) is 12.5. The molecule has 2 aliphatic rings. The Morgan fingerprint density at radius 3 is 2.81 bits per heavy atom. The summed E-state index contributed by atoms with van der Waals surface area (Å²) in [6, 6.07) is 7.59. The lowest BCUT2D eigenvalue weighted by atomic mass is 9.99. The molecular formula is C19H21ClN4O2. The van der Waals surface area contributed by atoms with Crippen LogP contribution in [0.1, 0.15) is 31.5 Å². The van der Waals surface area contributed by atoms with Crippen LogP contribution in [0.5, 0.6) is 0 Å². The lowest BCUT2D eigenvalue weighted by Gasteiger charge is -2.28. The van der Waals surface area contributed by atoms with Crippen molar-refractivity contribution in [3.05, 3.63) is 40.5 Å². The van der Waals surface area contributed by atoms with E-state index < -0.39 is 6.10 Å². The van der Waals surface area contributed by atoms with E-state index in [-0.39, 0.29) is 5.91 Å². The summed E-state index contributed by atoms with van der Waals surface area (Å²) in [5.41, 5.74) is 4.97. The van der Waals surface area contributed by atoms with E-state index in [1.54, 1.807) is 0 Å². The zero-order valence-corrected chi connectivity index (χ0v) is 15.6. The molecule has 2 aliphatic heterocycles. The number of halogens is 1. The van der Waals surface area contributed by atoms with E-state index in [4.69, 9.17) is 16.4 Å². The summed E-state index contributed by atoms with van der Waals surface area (Å²) in [5, 5.41) is 12.3. The van der Waals surface area contributed by atoms with Crippen LogP contribution in [0.3, 0.4) is 0 Å². The molecule has 1 unspecified atom stereocenters. The molecule has 4 rings (SSSR count). The minimum Gasteiger partial charge on any atom is -0.382 e. The molecule has 3 heterocycles. The first kappa shape index (κ1) is 17.1. The van der Waals surface area contributed by atoms with Gasteiger partial charge >= 0.3 is 0 Å². The Balaban J connectivity index is 1.52. The van der Waals surface area contributed by atoms with E-state index in [1.165, 1.54) is 0 Å². The summed E-state index contributed by atoms with van der Waals surface area (Å²) in [4.78, 5) is 20.1. The number of rotatable bonds is 3. The molecule has 7 heteroatoms. The summed E-state index contributed by atoms with van der Waals surface area (Å²) >= 11 is 5.98. The Bertz CT molecular complexity index is 857. The number of nitrogens with zero attached hydrogens (tertiary/aromatic N) is 3. The Morgan fingerprint density at radius 2 is 2.12 bits per heavy atom. The van der Waals surface area contributed by atoms with Crippen molar-refractivity contribution in [1.29, 1.82) is 0 Å². The van der Waals surface area contributed by atoms with E-state index in [0.29, 0.717) is 30.5 Å². The van der Waals surface area contributed by atoms with Gasteiger partial charge < -0.3 is 9.74 Å². The van der Waals surface area contributed by atoms with Gasteiger partial charge in [0.15, 0.2) is 0 Å². The van der Waals surface area contributed by atoms with Crippen LogP contribution in [0.15, 0.2) is 29.4 Å². The van der Waals surface area contributed by atoms with E-state index in [2.05, 4.69) is 29.2 Å². The number of oxime groups is 1. The Hall–Kier alpha value is -2.34. The second-order valence-electron chi connectivity index (χ2n) is 7.08. The highest BCUT2D eigenvalue weighted by molar-refractivity contribution is 6.30. The van der Waals surface area contributed by atoms with Crippen LogP contribution in [0, 0.1) is 5.92 Å². The predicted octanol–water partition coefficient (Wildman–Crippen LogP) is 3.42. The van der Waals surface area contributed by atoms with Crippen molar-refractivity contribution < 1.29 is 9.63 Å². The Kier molecular flexibility index (Phi) is 4.44. The number of benzene rings is 1. The van der Waals surface area contributed by atoms with E-state index in [1.807, 2.05) is 29.2 Å². The second kappa shape index (κ2) is 6.76. The van der Waals surface area contributed by atoms with Crippen LogP contribution in [0.4, 0.5) is 0 Å². The molecular weight excluding hydrogens is 352 g/mol. The molecule has 1 aromatic carbocycles. The fraction of sp³-hybridized carbons (Fsp3) is 0.421. The van der Waals surface area contributed by atoms with Crippen LogP contribution in [0.2, 0.25) is 5.02 Å². The van der Waals surface area contributed by atoms with Crippen molar-refractivity contribution in [1.82, 2.24) is 15.1 Å². The number of carbonyl (C=O) groups is 1. The first-order valence-corrected chi connectivity index (χ1v) is 9.24. The van der Waals surface area contributed by atoms with E-state index in [9.17, 15) is 4.79 Å². The number of fused-ring (bicyclic) bond motifs is 1. The molecule has 0 radical (unpaired) electrons. The Labute approximate surface area is 157 Å². The van der Waals surface area contributed by atoms with Gasteiger partial charge in [-0.2, -0.15) is 5.10 Å². The van der Waals surface area contributed by atoms with E-state index >= 15 is 0 Å². The average Bonchev–Trinajstić information content (AvgIpc) is 3.29. The molecule has 1 N–H and O–H groups in total. The monoisotopic (exact) mass is 372 g/mol. The number of carbonyl (C=O) groups excluding carboxylic acids is 1. The van der Waals surface area contributed by atoms with E-state index in [0.717, 1.165) is 34.6 Å². The first-order valence-electron chi connectivity index (χ1n) is 8.86. The van der Waals surface area contributed by atoms with Gasteiger partial charge in [-0.15, -0.1) is 0 Å². The maximum atomic E-state index is 12.9. The summed E-state index contributed by atoms with van der Waals surface area (Å²) in [5.74, 6) is 0.296. The number of aromatic amines is 1. The minimum atomic E-state index is -0.500. The highest BCUT2D eigenvalue weighted by Gasteiger charge is 2.35. The molecule has 1 amide bonds. The third-order valence-corrected chi connectivity index (χ3v) is 5.25. The molecule has 136 valence electrons. The van der Waals surface area contributed by atoms with Crippen LogP contribution < -0.4 is 0 Å². The third-order valence-electron chi connectivity index (χ3n) is 5.00. The number of nitrogens with one attached hydrogen (secondary N) is 1. The van der Waals surface area contributed by atoms with Gasteiger partial charge in [-0.3, -0.25) is 9.89 Å². The van der Waals surface area contributed by atoms with Crippen molar-refractivity contribution in [3.63, 3.8) is 0 Å². The topological polar surface area (TPSA) is 70.6 Å². The lowest BCUT2D eigenvalue weighted by molar-refractivity contribution is -0.143. The van der Waals surface area contributed by atoms with Crippen LogP contribution in [-0.4, -0.2) is 39.4 Å². The zero-order valence-electron chi connectivity index (χ0n) is 14.8. The lowest BCUT2D eigenvalue weighted by Crippen LogP contribution is -2.42. The van der Waals surface area contributed by atoms with Gasteiger partial charge in [0.1, 0.15) is 0 Å². The molecule has 1 atom stereocenters. The fourth-order valence-corrected chi connectivity index (χ4v) is 3.53. The van der Waals surface area contributed by atoms with Crippen LogP contribution >= 0.6 is 11.6 Å². The number of hydrogen-bond donors (Lipinski definition) is 1. The van der Waals surface area contributed by atoms with Crippen LogP contribution in [0.25, 0.3) is 11.3 Å². The number of aromatic nitrogens is 2. The molecule has 0 saturated carbocycles. The molecule has 26 heavy (non-hydrogen) atoms. The normalized spacial score (nSPS) is 19.3. The van der Waals surface area contributed by atoms with Crippen molar-refractivity contribution in [3.8, 4) is 11.3 Å². The number of hydrogen-bond acceptors (Lipinski definition) is 4. The maximum absolute atomic E-state index is 12.9. The fourth-order valence-electron chi connectivity index (χ4n) is 3.40. The second-order valence-corrected chi connectivity index (χ2v) is 7.52. The van der Waals surface area contributed by atoms with Gasteiger partial charge in [-0.05, 0) is 18.1 Å². The molecule has 0 fully saturated rings. The quantitative estimate of drug-likeness (QED) is 0.897. The number of H-pyrrole nitrogens is 1. The third kappa shape index (κ3) is 3.09. The molecule has 0 aliphatic carbocycles. The molecule has 0 saturated heterocycles. The van der Waals surface area contributed by atoms with Gasteiger partial charge in [0, 0.05) is 47.8 Å². The van der Waals surface area contributed by atoms with Crippen molar-refractivity contribution in [2.75, 3.05) is 6.54 Å². The molecule has 0 spiro atoms. The van der Waals surface area contributed by atoms with Crippen molar-refractivity contribution in [2.24, 2.45) is 11.1 Å². The Morgan fingerprint density at radius 1 is 1.35 bits per heavy atom. The van der Waals surface area contributed by atoms with Crippen molar-refractivity contribution >= 4 is 23.2 Å². The van der Waals surface area contributed by atoms with Gasteiger partial charge in [0.05, 0.1) is 11.4 Å². The highest BCUT2D eigenvalue weighted by Crippen LogP contribution is 2.30. The largest absolute Gasteiger partial charge is 0.382 e. The minimum absolute atomic E-state index is 0.00157. The molecule has 6 nitrogen and oxygen atoms in total. The van der Waals surface area contributed by atoms with Gasteiger partial charge in [-0.25, -0.2) is 0 Å². The molecule has 1 aromatic heterocycles. The summed E-state index contributed by atoms with van der Waals surface area (Å²) < 4.78 is 0. The SMILES string of the molecule is CC(C)C1=NOC(C(=O)N2CCc3[nH]nc(-c4ccc(Cl)cc4)c3C2)C1. The van der Waals surface area contributed by atoms with Crippen molar-refractivity contribution in [2.45, 2.75) is 39.3 Å². The van der Waals surface area contributed by atoms with Crippen LogP contribution in [-0.2, 0) is 22.6 Å². The number of amides is 1. The van der Waals surface area contributed by atoms with Gasteiger partial charge in [0.2, 0.25) is 6.10 Å². The maximum Gasteiger partial charge on any atom is 0.267 e. The predicted molar refractivity (Wildman–Crippen MR) is 99.9 cm³/mol. The smallest absolute Gasteiger partial charge is 0.267 e. The van der Waals surface area contributed by atoms with Gasteiger partial charge in [-0.1, -0.05) is 42.7 Å². The summed E-state index contributed by atoms with van der Waals surface area (Å²) in [6.45, 7) is 5.31. The summed E-state index contributed by atoms with van der Waals surface area (Å²) in [6.07, 6.45) is 0.835. The summed E-state index contributed by atoms with van der Waals surface area (Å²) in [7, 11) is 0.